The number of hydrogen-bond donors (Lipinski definition) is 2. The summed E-state index contributed by atoms with van der Waals surface area (Å²) >= 11 is 0. The first-order valence-electron chi connectivity index (χ1n) is 8.83. The number of ether oxygens (including phenoxy) is 1. The average Bonchev–Trinajstić information content (AvgIpc) is 2.68. The molecule has 0 unspecified atom stereocenters. The second kappa shape index (κ2) is 8.27. The molecule has 7 nitrogen and oxygen atoms in total. The van der Waals surface area contributed by atoms with Crippen molar-refractivity contribution in [2.75, 3.05) is 45.2 Å². The van der Waals surface area contributed by atoms with E-state index in [1.54, 1.807) is 7.11 Å². The molecule has 1 aromatic carbocycles. The summed E-state index contributed by atoms with van der Waals surface area (Å²) in [4.78, 5) is 18.8. The Bertz CT molecular complexity index is 730. The van der Waals surface area contributed by atoms with Crippen molar-refractivity contribution in [3.63, 3.8) is 0 Å². The molecule has 2 heterocycles. The quantitative estimate of drug-likeness (QED) is 0.607. The van der Waals surface area contributed by atoms with Gasteiger partial charge in [0.2, 0.25) is 17.6 Å². The van der Waals surface area contributed by atoms with E-state index < -0.39 is 0 Å². The Morgan fingerprint density at radius 2 is 1.92 bits per heavy atom. The van der Waals surface area contributed by atoms with Crippen molar-refractivity contribution in [3.05, 3.63) is 48.5 Å². The predicted molar refractivity (Wildman–Crippen MR) is 103 cm³/mol. The number of para-hydroxylation sites is 1. The van der Waals surface area contributed by atoms with Crippen LogP contribution in [0.5, 0.6) is 5.88 Å². The van der Waals surface area contributed by atoms with Gasteiger partial charge in [0, 0.05) is 30.8 Å². The van der Waals surface area contributed by atoms with E-state index in [0.717, 1.165) is 44.2 Å². The number of carbonyl (C=O) groups excluding carboxylic acids is 1. The maximum absolute atomic E-state index is 12.1. The smallest absolute Gasteiger partial charge is 0.250 e. The fourth-order valence-corrected chi connectivity index (χ4v) is 3.09. The van der Waals surface area contributed by atoms with E-state index in [9.17, 15) is 4.79 Å². The minimum absolute atomic E-state index is 0.0322. The highest BCUT2D eigenvalue weighted by molar-refractivity contribution is 5.90. The Morgan fingerprint density at radius 1 is 1.19 bits per heavy atom. The van der Waals surface area contributed by atoms with Crippen molar-refractivity contribution >= 4 is 17.4 Å². The van der Waals surface area contributed by atoms with Crippen molar-refractivity contribution in [1.29, 1.82) is 0 Å². The Hall–Kier alpha value is -2.48. The predicted octanol–water partition coefficient (Wildman–Crippen LogP) is 1.62. The number of hydrogen-bond acceptors (Lipinski definition) is 5. The summed E-state index contributed by atoms with van der Waals surface area (Å²) in [6, 6.07) is 15.2. The lowest BCUT2D eigenvalue weighted by atomic mass is 10.2. The van der Waals surface area contributed by atoms with Crippen LogP contribution in [0.25, 0.3) is 0 Å². The van der Waals surface area contributed by atoms with Crippen molar-refractivity contribution in [2.24, 2.45) is 5.84 Å². The first-order valence-corrected chi connectivity index (χ1v) is 8.83. The number of nitrogens with two attached hydrogens (primary N) is 1. The Balaban J connectivity index is 1.48. The van der Waals surface area contributed by atoms with Crippen LogP contribution in [0.2, 0.25) is 0 Å². The lowest BCUT2D eigenvalue weighted by Crippen LogP contribution is -2.65. The normalized spacial score (nSPS) is 16.8. The van der Waals surface area contributed by atoms with Gasteiger partial charge in [-0.05, 0) is 18.2 Å². The minimum Gasteiger partial charge on any atom is -0.481 e. The van der Waals surface area contributed by atoms with Crippen LogP contribution in [0.15, 0.2) is 48.5 Å². The molecule has 3 rings (SSSR count). The molecule has 1 saturated heterocycles. The number of anilines is 1. The third-order valence-corrected chi connectivity index (χ3v) is 4.72. The van der Waals surface area contributed by atoms with Gasteiger partial charge in [0.05, 0.1) is 20.2 Å². The molecule has 1 aliphatic rings. The molecule has 0 bridgehead atoms. The lowest BCUT2D eigenvalue weighted by Gasteiger charge is -2.39. The number of amides is 1. The largest absolute Gasteiger partial charge is 0.481 e. The summed E-state index contributed by atoms with van der Waals surface area (Å²) in [6.45, 7) is 3.88. The van der Waals surface area contributed by atoms with Gasteiger partial charge in [-0.3, -0.25) is 9.69 Å². The van der Waals surface area contributed by atoms with E-state index in [2.05, 4.69) is 15.2 Å². The topological polar surface area (TPSA) is 80.5 Å². The number of piperazine rings is 1. The van der Waals surface area contributed by atoms with E-state index in [0.29, 0.717) is 16.9 Å². The number of pyridine rings is 1. The molecular weight excluding hydrogens is 330 g/mol. The van der Waals surface area contributed by atoms with Crippen LogP contribution in [0.4, 0.5) is 11.5 Å². The maximum atomic E-state index is 12.1. The highest BCUT2D eigenvalue weighted by Crippen LogP contribution is 2.21. The molecule has 1 aliphatic heterocycles. The average molecular weight is 356 g/mol. The van der Waals surface area contributed by atoms with Gasteiger partial charge in [0.25, 0.3) is 0 Å². The zero-order chi connectivity index (χ0) is 18.4. The zero-order valence-corrected chi connectivity index (χ0v) is 15.1. The number of quaternary nitrogens is 1. The molecule has 1 aromatic heterocycles. The summed E-state index contributed by atoms with van der Waals surface area (Å²) in [5.74, 6) is 7.96. The molecule has 2 aromatic rings. The molecule has 0 atom stereocenters. The first-order chi connectivity index (χ1) is 12.6. The van der Waals surface area contributed by atoms with Gasteiger partial charge >= 0.3 is 0 Å². The third kappa shape index (κ3) is 4.57. The first kappa shape index (κ1) is 18.3. The number of methoxy groups -OCH3 is 1. The van der Waals surface area contributed by atoms with Crippen LogP contribution in [0.1, 0.15) is 6.42 Å². The number of carbonyl (C=O) groups is 1. The van der Waals surface area contributed by atoms with Crippen LogP contribution >= 0.6 is 0 Å². The van der Waals surface area contributed by atoms with Crippen LogP contribution < -0.4 is 20.5 Å². The number of nitrogens with zero attached hydrogens (tertiary/aromatic N) is 3. The van der Waals surface area contributed by atoms with Crippen molar-refractivity contribution in [2.45, 2.75) is 6.42 Å². The molecule has 3 N–H and O–H groups in total. The fraction of sp³-hybridized carbons (Fsp3) is 0.368. The Morgan fingerprint density at radius 3 is 2.62 bits per heavy atom. The second-order valence-electron chi connectivity index (χ2n) is 6.53. The highest BCUT2D eigenvalue weighted by Gasteiger charge is 2.33. The Kier molecular flexibility index (Phi) is 5.82. The number of aromatic nitrogens is 1. The van der Waals surface area contributed by atoms with Gasteiger partial charge in [-0.15, -0.1) is 0 Å². The van der Waals surface area contributed by atoms with Crippen molar-refractivity contribution in [1.82, 2.24) is 14.5 Å². The van der Waals surface area contributed by atoms with Crippen molar-refractivity contribution < 1.29 is 9.53 Å². The van der Waals surface area contributed by atoms with E-state index >= 15 is 0 Å². The van der Waals surface area contributed by atoms with Gasteiger partial charge in [0.15, 0.2) is 0 Å². The summed E-state index contributed by atoms with van der Waals surface area (Å²) in [5.41, 5.74) is 0.831. The standard InChI is InChI=1S/C19H25N5O2/c1-26-19-9-5-8-17(22-19)24(20)14-12-23(13-15-24)11-10-18(25)21-16-6-3-2-4-7-16/h2-9H,10-15,20H2,1H3/p+1. The van der Waals surface area contributed by atoms with Crippen molar-refractivity contribution in [3.8, 4) is 5.88 Å². The lowest BCUT2D eigenvalue weighted by molar-refractivity contribution is -0.116. The second-order valence-corrected chi connectivity index (χ2v) is 6.53. The molecule has 0 saturated carbocycles. The number of nitrogens with one attached hydrogen (secondary N) is 1. The monoisotopic (exact) mass is 356 g/mol. The van der Waals surface area contributed by atoms with Gasteiger partial charge in [0.1, 0.15) is 13.1 Å². The number of benzene rings is 1. The molecule has 138 valence electrons. The van der Waals surface area contributed by atoms with E-state index in [-0.39, 0.29) is 5.91 Å². The van der Waals surface area contributed by atoms with Crippen LogP contribution in [0.3, 0.4) is 0 Å². The summed E-state index contributed by atoms with van der Waals surface area (Å²) < 4.78 is 5.49. The van der Waals surface area contributed by atoms with Crippen LogP contribution in [0, 0.1) is 0 Å². The zero-order valence-electron chi connectivity index (χ0n) is 15.1. The molecular formula is C19H26N5O2+. The van der Waals surface area contributed by atoms with E-state index in [4.69, 9.17) is 10.6 Å². The summed E-state index contributed by atoms with van der Waals surface area (Å²) in [5, 5.41) is 2.92. The fourth-order valence-electron chi connectivity index (χ4n) is 3.09. The van der Waals surface area contributed by atoms with Gasteiger partial charge in [-0.25, -0.2) is 0 Å². The summed E-state index contributed by atoms with van der Waals surface area (Å²) in [7, 11) is 1.60. The Labute approximate surface area is 153 Å². The molecule has 0 aliphatic carbocycles. The van der Waals surface area contributed by atoms with Crippen LogP contribution in [-0.2, 0) is 4.79 Å². The van der Waals surface area contributed by atoms with Gasteiger partial charge in [-0.1, -0.05) is 18.2 Å². The number of rotatable bonds is 6. The highest BCUT2D eigenvalue weighted by atomic mass is 16.5. The molecule has 1 amide bonds. The molecule has 26 heavy (non-hydrogen) atoms. The van der Waals surface area contributed by atoms with E-state index in [1.165, 1.54) is 0 Å². The summed E-state index contributed by atoms with van der Waals surface area (Å²) in [6.07, 6.45) is 0.469. The molecule has 7 heteroatoms. The van der Waals surface area contributed by atoms with Gasteiger partial charge in [-0.2, -0.15) is 15.4 Å². The maximum Gasteiger partial charge on any atom is 0.250 e. The van der Waals surface area contributed by atoms with E-state index in [1.807, 2.05) is 48.5 Å². The third-order valence-electron chi connectivity index (χ3n) is 4.72. The molecule has 0 radical (unpaired) electrons. The SMILES string of the molecule is COc1cccc([N+]2(N)CCN(CCC(=O)Nc3ccccc3)CC2)n1. The van der Waals surface area contributed by atoms with Crippen LogP contribution in [-0.4, -0.2) is 55.6 Å². The molecule has 1 fully saturated rings. The molecule has 0 spiro atoms. The minimum atomic E-state index is 0.0322. The van der Waals surface area contributed by atoms with Gasteiger partial charge < -0.3 is 10.1 Å².